The highest BCUT2D eigenvalue weighted by Gasteiger charge is 2.35. The zero-order chi connectivity index (χ0) is 23.7. The molecule has 1 amide bonds. The number of carbonyl (C=O) groups is 1. The molecule has 1 atom stereocenters. The first-order chi connectivity index (χ1) is 16.5. The van der Waals surface area contributed by atoms with Crippen molar-refractivity contribution in [2.45, 2.75) is 39.3 Å². The summed E-state index contributed by atoms with van der Waals surface area (Å²) in [5, 5.41) is 5.96. The van der Waals surface area contributed by atoms with Gasteiger partial charge in [-0.05, 0) is 47.9 Å². The average Bonchev–Trinajstić information content (AvgIpc) is 3.49. The molecule has 5 rings (SSSR count). The molecule has 1 unspecified atom stereocenters. The van der Waals surface area contributed by atoms with Crippen LogP contribution in [0.4, 0.5) is 0 Å². The Kier molecular flexibility index (Phi) is 6.28. The van der Waals surface area contributed by atoms with Gasteiger partial charge in [-0.15, -0.1) is 0 Å². The third-order valence-corrected chi connectivity index (χ3v) is 6.56. The van der Waals surface area contributed by atoms with E-state index in [1.54, 1.807) is 11.0 Å². The minimum atomic E-state index is -0.175. The number of H-pyrrole nitrogens is 1. The van der Waals surface area contributed by atoms with Crippen molar-refractivity contribution >= 4 is 28.4 Å². The van der Waals surface area contributed by atoms with Gasteiger partial charge in [0.25, 0.3) is 0 Å². The summed E-state index contributed by atoms with van der Waals surface area (Å²) in [5.41, 5.74) is 4.41. The van der Waals surface area contributed by atoms with Crippen LogP contribution in [0.25, 0.3) is 10.9 Å². The van der Waals surface area contributed by atoms with Crippen LogP contribution in [0.1, 0.15) is 43.1 Å². The van der Waals surface area contributed by atoms with E-state index in [4.69, 9.17) is 16.3 Å². The highest BCUT2D eigenvalue weighted by molar-refractivity contribution is 6.31. The number of nitrogens with one attached hydrogen (secondary N) is 1. The summed E-state index contributed by atoms with van der Waals surface area (Å²) in [6.45, 7) is 5.94. The van der Waals surface area contributed by atoms with Gasteiger partial charge in [-0.3, -0.25) is 9.48 Å². The number of aromatic amines is 1. The number of nitrogens with zero attached hydrogens (tertiary/aromatic N) is 4. The molecule has 0 radical (unpaired) electrons. The van der Waals surface area contributed by atoms with Crippen LogP contribution in [0.5, 0.6) is 5.75 Å². The van der Waals surface area contributed by atoms with E-state index in [0.717, 1.165) is 52.3 Å². The SMILES string of the molecule is CC(C)C(=O)N1CCc2c([nH]c3ccc(Cl)cc23)C1c1ccc(OCCCn2cncn2)cc1. The quantitative estimate of drug-likeness (QED) is 0.379. The summed E-state index contributed by atoms with van der Waals surface area (Å²) in [6, 6.07) is 13.8. The van der Waals surface area contributed by atoms with Gasteiger partial charge in [0.15, 0.2) is 0 Å². The fourth-order valence-corrected chi connectivity index (χ4v) is 4.86. The lowest BCUT2D eigenvalue weighted by Gasteiger charge is -2.37. The molecule has 4 aromatic rings. The zero-order valence-electron chi connectivity index (χ0n) is 19.4. The third-order valence-electron chi connectivity index (χ3n) is 6.33. The van der Waals surface area contributed by atoms with Crippen molar-refractivity contribution < 1.29 is 9.53 Å². The Hall–Kier alpha value is -3.32. The minimum absolute atomic E-state index is 0.0736. The van der Waals surface area contributed by atoms with E-state index in [0.29, 0.717) is 13.2 Å². The van der Waals surface area contributed by atoms with Gasteiger partial charge in [0.2, 0.25) is 5.91 Å². The van der Waals surface area contributed by atoms with E-state index >= 15 is 0 Å². The van der Waals surface area contributed by atoms with Crippen molar-refractivity contribution in [1.29, 1.82) is 0 Å². The van der Waals surface area contributed by atoms with Gasteiger partial charge in [-0.25, -0.2) is 4.98 Å². The van der Waals surface area contributed by atoms with Crippen LogP contribution in [0.15, 0.2) is 55.1 Å². The number of hydrogen-bond acceptors (Lipinski definition) is 4. The Labute approximate surface area is 203 Å². The van der Waals surface area contributed by atoms with E-state index in [1.165, 1.54) is 11.9 Å². The lowest BCUT2D eigenvalue weighted by Crippen LogP contribution is -2.42. The van der Waals surface area contributed by atoms with E-state index in [-0.39, 0.29) is 17.9 Å². The molecule has 0 aliphatic carbocycles. The number of aryl methyl sites for hydroxylation is 1. The second kappa shape index (κ2) is 9.50. The predicted octanol–water partition coefficient (Wildman–Crippen LogP) is 5.01. The summed E-state index contributed by atoms with van der Waals surface area (Å²) in [6.07, 6.45) is 4.88. The van der Waals surface area contributed by atoms with Crippen LogP contribution >= 0.6 is 11.6 Å². The minimum Gasteiger partial charge on any atom is -0.494 e. The molecule has 0 fully saturated rings. The summed E-state index contributed by atoms with van der Waals surface area (Å²) >= 11 is 6.29. The first-order valence-corrected chi connectivity index (χ1v) is 12.0. The van der Waals surface area contributed by atoms with Crippen molar-refractivity contribution in [3.8, 4) is 5.75 Å². The van der Waals surface area contributed by atoms with Crippen LogP contribution < -0.4 is 4.74 Å². The standard InChI is InChI=1S/C26H28ClN5O2/c1-17(2)26(33)32-12-10-21-22-14-19(27)6-9-23(22)30-24(21)25(32)18-4-7-20(8-5-18)34-13-3-11-31-16-28-15-29-31/h4-9,14-17,25,30H,3,10-13H2,1-2H3. The molecule has 0 spiro atoms. The first kappa shape index (κ1) is 22.5. The topological polar surface area (TPSA) is 76.0 Å². The monoisotopic (exact) mass is 477 g/mol. The lowest BCUT2D eigenvalue weighted by molar-refractivity contribution is -0.136. The largest absolute Gasteiger partial charge is 0.494 e. The van der Waals surface area contributed by atoms with Crippen molar-refractivity contribution in [2.24, 2.45) is 5.92 Å². The number of benzene rings is 2. The number of hydrogen-bond donors (Lipinski definition) is 1. The molecule has 8 heteroatoms. The second-order valence-corrected chi connectivity index (χ2v) is 9.41. The summed E-state index contributed by atoms with van der Waals surface area (Å²) in [7, 11) is 0. The molecule has 0 bridgehead atoms. The number of aromatic nitrogens is 4. The number of ether oxygens (including phenoxy) is 1. The van der Waals surface area contributed by atoms with Gasteiger partial charge in [-0.2, -0.15) is 5.10 Å². The van der Waals surface area contributed by atoms with Gasteiger partial charge >= 0.3 is 0 Å². The molecular weight excluding hydrogens is 450 g/mol. The van der Waals surface area contributed by atoms with Crippen LogP contribution in [-0.2, 0) is 17.8 Å². The Balaban J connectivity index is 1.40. The summed E-state index contributed by atoms with van der Waals surface area (Å²) in [5.74, 6) is 0.889. The van der Waals surface area contributed by atoms with Gasteiger partial charge in [0.1, 0.15) is 18.4 Å². The van der Waals surface area contributed by atoms with E-state index in [9.17, 15) is 4.79 Å². The van der Waals surface area contributed by atoms with Crippen LogP contribution in [-0.4, -0.2) is 43.7 Å². The van der Waals surface area contributed by atoms with Gasteiger partial charge in [0, 0.05) is 47.0 Å². The summed E-state index contributed by atoms with van der Waals surface area (Å²) in [4.78, 5) is 22.7. The number of amides is 1. The van der Waals surface area contributed by atoms with E-state index < -0.39 is 0 Å². The molecular formula is C26H28ClN5O2. The molecule has 34 heavy (non-hydrogen) atoms. The average molecular weight is 478 g/mol. The smallest absolute Gasteiger partial charge is 0.225 e. The molecule has 1 N–H and O–H groups in total. The van der Waals surface area contributed by atoms with Gasteiger partial charge in [0.05, 0.1) is 12.6 Å². The number of carbonyl (C=O) groups excluding carboxylic acids is 1. The highest BCUT2D eigenvalue weighted by Crippen LogP contribution is 2.40. The summed E-state index contributed by atoms with van der Waals surface area (Å²) < 4.78 is 7.72. The van der Waals surface area contributed by atoms with Gasteiger partial charge in [-0.1, -0.05) is 37.6 Å². The Morgan fingerprint density at radius 3 is 2.79 bits per heavy atom. The predicted molar refractivity (Wildman–Crippen MR) is 132 cm³/mol. The molecule has 7 nitrogen and oxygen atoms in total. The molecule has 2 aromatic heterocycles. The molecule has 0 saturated heterocycles. The van der Waals surface area contributed by atoms with Crippen LogP contribution in [0, 0.1) is 5.92 Å². The lowest BCUT2D eigenvalue weighted by atomic mass is 9.91. The molecule has 2 aromatic carbocycles. The maximum absolute atomic E-state index is 13.2. The second-order valence-electron chi connectivity index (χ2n) is 8.98. The molecule has 1 aliphatic rings. The van der Waals surface area contributed by atoms with Crippen molar-refractivity contribution in [1.82, 2.24) is 24.6 Å². The Morgan fingerprint density at radius 2 is 2.06 bits per heavy atom. The third kappa shape index (κ3) is 4.40. The van der Waals surface area contributed by atoms with Crippen molar-refractivity contribution in [3.05, 3.63) is 77.0 Å². The molecule has 1 aliphatic heterocycles. The van der Waals surface area contributed by atoms with E-state index in [1.807, 2.05) is 49.1 Å². The fraction of sp³-hybridized carbons (Fsp3) is 0.346. The highest BCUT2D eigenvalue weighted by atomic mass is 35.5. The van der Waals surface area contributed by atoms with Crippen molar-refractivity contribution in [2.75, 3.05) is 13.2 Å². The fourth-order valence-electron chi connectivity index (χ4n) is 4.69. The number of fused-ring (bicyclic) bond motifs is 3. The molecule has 3 heterocycles. The number of halogens is 1. The van der Waals surface area contributed by atoms with Crippen LogP contribution in [0.3, 0.4) is 0 Å². The van der Waals surface area contributed by atoms with Crippen LogP contribution in [0.2, 0.25) is 5.02 Å². The van der Waals surface area contributed by atoms with Gasteiger partial charge < -0.3 is 14.6 Å². The van der Waals surface area contributed by atoms with E-state index in [2.05, 4.69) is 27.2 Å². The molecule has 176 valence electrons. The zero-order valence-corrected chi connectivity index (χ0v) is 20.1. The number of rotatable bonds is 7. The maximum atomic E-state index is 13.2. The van der Waals surface area contributed by atoms with Crippen molar-refractivity contribution in [3.63, 3.8) is 0 Å². The Bertz CT molecular complexity index is 1280. The maximum Gasteiger partial charge on any atom is 0.225 e. The molecule has 0 saturated carbocycles. The Morgan fingerprint density at radius 1 is 1.24 bits per heavy atom. The first-order valence-electron chi connectivity index (χ1n) is 11.7. The normalized spacial score (nSPS) is 15.6.